The summed E-state index contributed by atoms with van der Waals surface area (Å²) in [6.07, 6.45) is -0.983. The first-order valence-electron chi connectivity index (χ1n) is 3.83. The van der Waals surface area contributed by atoms with Gasteiger partial charge in [0.05, 0.1) is 0 Å². The van der Waals surface area contributed by atoms with Gasteiger partial charge in [0.15, 0.2) is 0 Å². The molecule has 0 aliphatic rings. The summed E-state index contributed by atoms with van der Waals surface area (Å²) in [6, 6.07) is 0. The summed E-state index contributed by atoms with van der Waals surface area (Å²) in [6.45, 7) is 1.88. The lowest BCUT2D eigenvalue weighted by molar-refractivity contribution is -0.131. The molecule has 0 spiro atoms. The summed E-state index contributed by atoms with van der Waals surface area (Å²) in [7, 11) is -0.975. The lowest BCUT2D eigenvalue weighted by atomic mass is 10.3. The van der Waals surface area contributed by atoms with Gasteiger partial charge < -0.3 is 5.32 Å². The van der Waals surface area contributed by atoms with Crippen LogP contribution >= 0.6 is 0 Å². The molecule has 0 heterocycles. The average molecular weight is 213 g/mol. The van der Waals surface area contributed by atoms with Crippen LogP contribution in [0.4, 0.5) is 8.78 Å². The molecular formula is C7H13F2NO2S. The van der Waals surface area contributed by atoms with Gasteiger partial charge in [0.2, 0.25) is 0 Å². The molecule has 0 saturated heterocycles. The van der Waals surface area contributed by atoms with Gasteiger partial charge in [-0.05, 0) is 6.42 Å². The number of carbonyl (C=O) groups excluding carboxylic acids is 1. The molecule has 78 valence electrons. The van der Waals surface area contributed by atoms with Gasteiger partial charge in [-0.1, -0.05) is 6.92 Å². The highest BCUT2D eigenvalue weighted by atomic mass is 32.2. The molecule has 0 aliphatic heterocycles. The smallest absolute Gasteiger partial charge is 0.315 e. The SMILES string of the molecule is CC(CCNC(=O)C(F)F)S(C)=O. The van der Waals surface area contributed by atoms with E-state index >= 15 is 0 Å². The fraction of sp³-hybridized carbons (Fsp3) is 0.857. The number of amides is 1. The maximum Gasteiger partial charge on any atom is 0.315 e. The molecule has 0 radical (unpaired) electrons. The van der Waals surface area contributed by atoms with E-state index in [2.05, 4.69) is 0 Å². The Morgan fingerprint density at radius 1 is 1.54 bits per heavy atom. The molecule has 3 nitrogen and oxygen atoms in total. The Bertz CT molecular complexity index is 199. The fourth-order valence-electron chi connectivity index (χ4n) is 0.642. The van der Waals surface area contributed by atoms with E-state index in [0.29, 0.717) is 6.42 Å². The second-order valence-electron chi connectivity index (χ2n) is 2.69. The molecule has 2 unspecified atom stereocenters. The van der Waals surface area contributed by atoms with Crippen molar-refractivity contribution in [1.82, 2.24) is 5.32 Å². The Labute approximate surface area is 78.3 Å². The number of nitrogens with one attached hydrogen (secondary N) is 1. The predicted molar refractivity (Wildman–Crippen MR) is 47.2 cm³/mol. The van der Waals surface area contributed by atoms with Crippen molar-refractivity contribution in [2.45, 2.75) is 25.0 Å². The number of alkyl halides is 2. The highest BCUT2D eigenvalue weighted by Gasteiger charge is 2.14. The van der Waals surface area contributed by atoms with Crippen LogP contribution in [0, 0.1) is 0 Å². The second kappa shape index (κ2) is 6.01. The van der Waals surface area contributed by atoms with Crippen LogP contribution in [0.5, 0.6) is 0 Å². The molecular weight excluding hydrogens is 200 g/mol. The quantitative estimate of drug-likeness (QED) is 0.724. The molecule has 0 aromatic heterocycles. The van der Waals surface area contributed by atoms with E-state index in [0.717, 1.165) is 0 Å². The van der Waals surface area contributed by atoms with Crippen LogP contribution in [0.2, 0.25) is 0 Å². The third-order valence-electron chi connectivity index (χ3n) is 1.61. The Balaban J connectivity index is 3.56. The molecule has 0 aliphatic carbocycles. The van der Waals surface area contributed by atoms with E-state index in [-0.39, 0.29) is 11.8 Å². The van der Waals surface area contributed by atoms with Crippen molar-refractivity contribution in [2.75, 3.05) is 12.8 Å². The van der Waals surface area contributed by atoms with Crippen molar-refractivity contribution in [3.05, 3.63) is 0 Å². The molecule has 6 heteroatoms. The molecule has 0 fully saturated rings. The monoisotopic (exact) mass is 213 g/mol. The Morgan fingerprint density at radius 3 is 2.46 bits per heavy atom. The lowest BCUT2D eigenvalue weighted by Crippen LogP contribution is -2.32. The number of rotatable bonds is 5. The third-order valence-corrected chi connectivity index (χ3v) is 2.98. The van der Waals surface area contributed by atoms with Crippen molar-refractivity contribution >= 4 is 16.7 Å². The first-order valence-corrected chi connectivity index (χ1v) is 5.45. The molecule has 0 aromatic carbocycles. The van der Waals surface area contributed by atoms with Gasteiger partial charge in [-0.2, -0.15) is 8.78 Å². The van der Waals surface area contributed by atoms with Crippen molar-refractivity contribution in [2.24, 2.45) is 0 Å². The van der Waals surface area contributed by atoms with Crippen LogP contribution in [0.1, 0.15) is 13.3 Å². The summed E-state index contributed by atoms with van der Waals surface area (Å²) in [5, 5.41) is 1.96. The molecule has 0 aromatic rings. The Morgan fingerprint density at radius 2 is 2.08 bits per heavy atom. The number of hydrogen-bond acceptors (Lipinski definition) is 2. The third kappa shape index (κ3) is 5.68. The number of hydrogen-bond donors (Lipinski definition) is 1. The zero-order valence-electron chi connectivity index (χ0n) is 7.55. The Kier molecular flexibility index (Phi) is 5.77. The zero-order chi connectivity index (χ0) is 10.4. The molecule has 1 amide bonds. The predicted octanol–water partition coefficient (Wildman–Crippen LogP) is 0.525. The molecule has 13 heavy (non-hydrogen) atoms. The van der Waals surface area contributed by atoms with Gasteiger partial charge in [-0.3, -0.25) is 9.00 Å². The zero-order valence-corrected chi connectivity index (χ0v) is 8.37. The second-order valence-corrected chi connectivity index (χ2v) is 4.49. The molecule has 0 rings (SSSR count). The summed E-state index contributed by atoms with van der Waals surface area (Å²) < 4.78 is 34.1. The highest BCUT2D eigenvalue weighted by molar-refractivity contribution is 7.84. The van der Waals surface area contributed by atoms with Gasteiger partial charge in [0.25, 0.3) is 5.91 Å². The summed E-state index contributed by atoms with van der Waals surface area (Å²) in [4.78, 5) is 10.4. The van der Waals surface area contributed by atoms with Crippen molar-refractivity contribution in [3.63, 3.8) is 0 Å². The van der Waals surface area contributed by atoms with E-state index in [1.165, 1.54) is 0 Å². The number of halogens is 2. The van der Waals surface area contributed by atoms with Crippen LogP contribution in [0.15, 0.2) is 0 Å². The first-order chi connectivity index (χ1) is 5.95. The van der Waals surface area contributed by atoms with Crippen LogP contribution in [-0.4, -0.2) is 34.6 Å². The molecule has 2 atom stereocenters. The molecule has 0 saturated carbocycles. The van der Waals surface area contributed by atoms with Gasteiger partial charge in [-0.25, -0.2) is 0 Å². The summed E-state index contributed by atoms with van der Waals surface area (Å²) >= 11 is 0. The van der Waals surface area contributed by atoms with Gasteiger partial charge >= 0.3 is 6.43 Å². The van der Waals surface area contributed by atoms with Gasteiger partial charge in [0.1, 0.15) is 0 Å². The van der Waals surface area contributed by atoms with Crippen molar-refractivity contribution in [1.29, 1.82) is 0 Å². The van der Waals surface area contributed by atoms with Gasteiger partial charge in [0, 0.05) is 28.9 Å². The summed E-state index contributed by atoms with van der Waals surface area (Å²) in [5.74, 6) is -1.27. The van der Waals surface area contributed by atoms with Crippen LogP contribution in [0.3, 0.4) is 0 Å². The average Bonchev–Trinajstić information content (AvgIpc) is 2.03. The molecule has 0 bridgehead atoms. The minimum absolute atomic E-state index is 0.0852. The minimum Gasteiger partial charge on any atom is -0.351 e. The Hall–Kier alpha value is -0.520. The largest absolute Gasteiger partial charge is 0.351 e. The summed E-state index contributed by atoms with van der Waals surface area (Å²) in [5.41, 5.74) is 0. The van der Waals surface area contributed by atoms with E-state index in [9.17, 15) is 17.8 Å². The molecule has 1 N–H and O–H groups in total. The standard InChI is InChI=1S/C7H13F2NO2S/c1-5(13(2)12)3-4-10-7(11)6(8)9/h5-6H,3-4H2,1-2H3,(H,10,11). The highest BCUT2D eigenvalue weighted by Crippen LogP contribution is 1.98. The van der Waals surface area contributed by atoms with Crippen LogP contribution in [0.25, 0.3) is 0 Å². The maximum absolute atomic E-state index is 11.6. The van der Waals surface area contributed by atoms with E-state index in [1.807, 2.05) is 5.32 Å². The normalized spacial score (nSPS) is 15.5. The fourth-order valence-corrected chi connectivity index (χ4v) is 1.09. The maximum atomic E-state index is 11.6. The minimum atomic E-state index is -2.97. The van der Waals surface area contributed by atoms with Gasteiger partial charge in [-0.15, -0.1) is 0 Å². The van der Waals surface area contributed by atoms with E-state index < -0.39 is 23.1 Å². The first kappa shape index (κ1) is 12.5. The van der Waals surface area contributed by atoms with Crippen LogP contribution < -0.4 is 5.32 Å². The van der Waals surface area contributed by atoms with Crippen molar-refractivity contribution < 1.29 is 17.8 Å². The topological polar surface area (TPSA) is 46.2 Å². The van der Waals surface area contributed by atoms with E-state index in [1.54, 1.807) is 13.2 Å². The lowest BCUT2D eigenvalue weighted by Gasteiger charge is -2.08. The van der Waals surface area contributed by atoms with Crippen LogP contribution in [-0.2, 0) is 15.6 Å². The van der Waals surface area contributed by atoms with Crippen molar-refractivity contribution in [3.8, 4) is 0 Å². The number of carbonyl (C=O) groups is 1. The van der Waals surface area contributed by atoms with E-state index in [4.69, 9.17) is 0 Å².